The zero-order valence-corrected chi connectivity index (χ0v) is 14.7. The summed E-state index contributed by atoms with van der Waals surface area (Å²) in [5.74, 6) is -0.583. The fourth-order valence-electron chi connectivity index (χ4n) is 2.37. The molecule has 0 radical (unpaired) electrons. The number of nitrogens with zero attached hydrogens (tertiary/aromatic N) is 3. The second-order valence-corrected chi connectivity index (χ2v) is 5.75. The van der Waals surface area contributed by atoms with Gasteiger partial charge in [-0.25, -0.2) is 9.37 Å². The standard InChI is InChI=1S/C18H16ClFN4O2/c1-2-24-16(13(19)11-23-24)17(25)22-10-12-6-5-9-21-18(12)26-15-8-4-3-7-14(15)20/h3-9,11H,2,10H2,1H3,(H,22,25). The summed E-state index contributed by atoms with van der Waals surface area (Å²) < 4.78 is 20.9. The molecule has 0 aliphatic rings. The number of hydrogen-bond acceptors (Lipinski definition) is 4. The minimum absolute atomic E-state index is 0.0610. The first-order chi connectivity index (χ1) is 12.6. The van der Waals surface area contributed by atoms with Crippen LogP contribution in [0.3, 0.4) is 0 Å². The Morgan fingerprint density at radius 2 is 2.12 bits per heavy atom. The van der Waals surface area contributed by atoms with Gasteiger partial charge in [0.2, 0.25) is 5.88 Å². The zero-order valence-electron chi connectivity index (χ0n) is 13.9. The third-order valence-corrected chi connectivity index (χ3v) is 3.92. The Morgan fingerprint density at radius 1 is 1.31 bits per heavy atom. The maximum absolute atomic E-state index is 13.8. The number of aryl methyl sites for hydroxylation is 1. The second kappa shape index (κ2) is 7.97. The first-order valence-electron chi connectivity index (χ1n) is 7.96. The Labute approximate surface area is 154 Å². The summed E-state index contributed by atoms with van der Waals surface area (Å²) in [4.78, 5) is 16.5. The third kappa shape index (κ3) is 3.83. The van der Waals surface area contributed by atoms with Crippen molar-refractivity contribution in [3.63, 3.8) is 0 Å². The summed E-state index contributed by atoms with van der Waals surface area (Å²) in [6.45, 7) is 2.52. The van der Waals surface area contributed by atoms with Crippen molar-refractivity contribution >= 4 is 17.5 Å². The van der Waals surface area contributed by atoms with Gasteiger partial charge in [-0.1, -0.05) is 29.8 Å². The van der Waals surface area contributed by atoms with Crippen molar-refractivity contribution < 1.29 is 13.9 Å². The van der Waals surface area contributed by atoms with Crippen LogP contribution in [0.1, 0.15) is 23.0 Å². The van der Waals surface area contributed by atoms with Crippen molar-refractivity contribution in [2.45, 2.75) is 20.0 Å². The van der Waals surface area contributed by atoms with Gasteiger partial charge in [0.25, 0.3) is 5.91 Å². The number of aromatic nitrogens is 3. The maximum Gasteiger partial charge on any atom is 0.271 e. The minimum atomic E-state index is -0.494. The van der Waals surface area contributed by atoms with E-state index < -0.39 is 5.82 Å². The molecule has 0 aliphatic heterocycles. The Hall–Kier alpha value is -2.93. The summed E-state index contributed by atoms with van der Waals surface area (Å²) in [5, 5.41) is 7.07. The summed E-state index contributed by atoms with van der Waals surface area (Å²) in [7, 11) is 0. The topological polar surface area (TPSA) is 69.0 Å². The number of carbonyl (C=O) groups is 1. The van der Waals surface area contributed by atoms with Crippen LogP contribution in [0.15, 0.2) is 48.8 Å². The number of hydrogen-bond donors (Lipinski definition) is 1. The van der Waals surface area contributed by atoms with Crippen molar-refractivity contribution in [2.24, 2.45) is 0 Å². The summed E-state index contributed by atoms with van der Waals surface area (Å²) in [6.07, 6.45) is 2.96. The molecule has 0 aliphatic carbocycles. The van der Waals surface area contributed by atoms with Gasteiger partial charge in [-0.05, 0) is 25.1 Å². The lowest BCUT2D eigenvalue weighted by Gasteiger charge is -2.12. The number of amides is 1. The smallest absolute Gasteiger partial charge is 0.271 e. The van der Waals surface area contributed by atoms with E-state index >= 15 is 0 Å². The highest BCUT2D eigenvalue weighted by molar-refractivity contribution is 6.33. The number of para-hydroxylation sites is 1. The molecule has 3 aromatic rings. The van der Waals surface area contributed by atoms with Gasteiger partial charge in [-0.2, -0.15) is 5.10 Å². The van der Waals surface area contributed by atoms with Crippen LogP contribution < -0.4 is 10.1 Å². The molecule has 1 amide bonds. The van der Waals surface area contributed by atoms with E-state index in [-0.39, 0.29) is 34.8 Å². The molecule has 0 fully saturated rings. The van der Waals surface area contributed by atoms with Crippen LogP contribution in [0.4, 0.5) is 4.39 Å². The molecule has 0 bridgehead atoms. The highest BCUT2D eigenvalue weighted by atomic mass is 35.5. The van der Waals surface area contributed by atoms with E-state index in [0.29, 0.717) is 12.1 Å². The highest BCUT2D eigenvalue weighted by Gasteiger charge is 2.17. The average Bonchev–Trinajstić information content (AvgIpc) is 3.03. The molecule has 2 heterocycles. The SMILES string of the molecule is CCn1ncc(Cl)c1C(=O)NCc1cccnc1Oc1ccccc1F. The molecule has 1 N–H and O–H groups in total. The fourth-order valence-corrected chi connectivity index (χ4v) is 2.60. The molecule has 0 atom stereocenters. The van der Waals surface area contributed by atoms with Crippen LogP contribution in [0.25, 0.3) is 0 Å². The van der Waals surface area contributed by atoms with Crippen LogP contribution >= 0.6 is 11.6 Å². The monoisotopic (exact) mass is 374 g/mol. The summed E-state index contributed by atoms with van der Waals surface area (Å²) in [6, 6.07) is 9.49. The Balaban J connectivity index is 1.76. The molecule has 8 heteroatoms. The molecule has 0 spiro atoms. The van der Waals surface area contributed by atoms with E-state index in [1.54, 1.807) is 24.3 Å². The van der Waals surface area contributed by atoms with Gasteiger partial charge in [-0.3, -0.25) is 9.48 Å². The van der Waals surface area contributed by atoms with Crippen molar-refractivity contribution in [2.75, 3.05) is 0 Å². The van der Waals surface area contributed by atoms with Crippen molar-refractivity contribution in [3.8, 4) is 11.6 Å². The molecule has 134 valence electrons. The molecule has 6 nitrogen and oxygen atoms in total. The van der Waals surface area contributed by atoms with E-state index in [1.807, 2.05) is 6.92 Å². The first-order valence-corrected chi connectivity index (χ1v) is 8.33. The molecular formula is C18H16ClFN4O2. The number of pyridine rings is 1. The predicted molar refractivity (Wildman–Crippen MR) is 94.8 cm³/mol. The van der Waals surface area contributed by atoms with Gasteiger partial charge in [0.05, 0.1) is 11.2 Å². The van der Waals surface area contributed by atoms with Crippen LogP contribution in [0.2, 0.25) is 5.02 Å². The minimum Gasteiger partial charge on any atom is -0.436 e. The van der Waals surface area contributed by atoms with Crippen molar-refractivity contribution in [1.82, 2.24) is 20.1 Å². The Bertz CT molecular complexity index is 929. The molecule has 1 aromatic carbocycles. The quantitative estimate of drug-likeness (QED) is 0.712. The number of nitrogens with one attached hydrogen (secondary N) is 1. The largest absolute Gasteiger partial charge is 0.436 e. The highest BCUT2D eigenvalue weighted by Crippen LogP contribution is 2.25. The normalized spacial score (nSPS) is 10.6. The Kier molecular flexibility index (Phi) is 5.48. The lowest BCUT2D eigenvalue weighted by Crippen LogP contribution is -2.26. The van der Waals surface area contributed by atoms with Crippen LogP contribution in [-0.2, 0) is 13.1 Å². The van der Waals surface area contributed by atoms with Gasteiger partial charge >= 0.3 is 0 Å². The molecule has 2 aromatic heterocycles. The average molecular weight is 375 g/mol. The third-order valence-electron chi connectivity index (χ3n) is 3.64. The Morgan fingerprint density at radius 3 is 2.88 bits per heavy atom. The molecule has 0 saturated carbocycles. The zero-order chi connectivity index (χ0) is 18.5. The van der Waals surface area contributed by atoms with Gasteiger partial charge < -0.3 is 10.1 Å². The van der Waals surface area contributed by atoms with Crippen molar-refractivity contribution in [3.05, 3.63) is 70.9 Å². The van der Waals surface area contributed by atoms with Crippen LogP contribution in [0, 0.1) is 5.82 Å². The number of carbonyl (C=O) groups excluding carboxylic acids is 1. The van der Waals surface area contributed by atoms with Gasteiger partial charge in [0.1, 0.15) is 5.69 Å². The van der Waals surface area contributed by atoms with Gasteiger partial charge in [-0.15, -0.1) is 0 Å². The fraction of sp³-hybridized carbons (Fsp3) is 0.167. The molecule has 0 unspecified atom stereocenters. The van der Waals surface area contributed by atoms with E-state index in [9.17, 15) is 9.18 Å². The van der Waals surface area contributed by atoms with Crippen LogP contribution in [-0.4, -0.2) is 20.7 Å². The lowest BCUT2D eigenvalue weighted by molar-refractivity contribution is 0.0940. The number of benzene rings is 1. The van der Waals surface area contributed by atoms with Crippen molar-refractivity contribution in [1.29, 1.82) is 0 Å². The van der Waals surface area contributed by atoms with E-state index in [0.717, 1.165) is 0 Å². The van der Waals surface area contributed by atoms with E-state index in [2.05, 4.69) is 15.4 Å². The van der Waals surface area contributed by atoms with Gasteiger partial charge in [0.15, 0.2) is 11.6 Å². The maximum atomic E-state index is 13.8. The molecule has 26 heavy (non-hydrogen) atoms. The summed E-state index contributed by atoms with van der Waals surface area (Å²) in [5.41, 5.74) is 0.886. The number of ether oxygens (including phenoxy) is 1. The van der Waals surface area contributed by atoms with Crippen LogP contribution in [0.5, 0.6) is 11.6 Å². The predicted octanol–water partition coefficient (Wildman–Crippen LogP) is 3.81. The summed E-state index contributed by atoms with van der Waals surface area (Å²) >= 11 is 6.03. The number of halogens is 2. The number of rotatable bonds is 6. The molecule has 3 rings (SSSR count). The van der Waals surface area contributed by atoms with E-state index in [4.69, 9.17) is 16.3 Å². The van der Waals surface area contributed by atoms with E-state index in [1.165, 1.54) is 29.2 Å². The molecular weight excluding hydrogens is 359 g/mol. The van der Waals surface area contributed by atoms with Gasteiger partial charge in [0, 0.05) is 24.8 Å². The molecule has 0 saturated heterocycles. The second-order valence-electron chi connectivity index (χ2n) is 5.34. The first kappa shape index (κ1) is 17.9. The lowest BCUT2D eigenvalue weighted by atomic mass is 10.2.